The van der Waals surface area contributed by atoms with Gasteiger partial charge in [-0.05, 0) is 0 Å². The Labute approximate surface area is 74.0 Å². The second-order valence-corrected chi connectivity index (χ2v) is 3.04. The molecule has 0 amide bonds. The molecule has 2 saturated heterocycles. The van der Waals surface area contributed by atoms with Crippen LogP contribution in [0.4, 0.5) is 4.79 Å². The number of aliphatic hydroxyl groups is 2. The molecule has 4 unspecified atom stereocenters. The fraction of sp³-hybridized carbons (Fsp3) is 0.857. The zero-order chi connectivity index (χ0) is 9.42. The molecule has 0 saturated carbocycles. The minimum Gasteiger partial charge on any atom is -0.427 e. The first-order valence-electron chi connectivity index (χ1n) is 4.02. The summed E-state index contributed by atoms with van der Waals surface area (Å²) in [6.45, 7) is -0.311. The predicted octanol–water partition coefficient (Wildman–Crippen LogP) is -1.01. The minimum atomic E-state index is -1.01. The van der Waals surface area contributed by atoms with Gasteiger partial charge in [0.25, 0.3) is 0 Å². The Balaban J connectivity index is 2.10. The van der Waals surface area contributed by atoms with Crippen molar-refractivity contribution in [1.82, 2.24) is 0 Å². The van der Waals surface area contributed by atoms with Crippen LogP contribution in [-0.4, -0.2) is 47.6 Å². The van der Waals surface area contributed by atoms with Crippen molar-refractivity contribution in [2.75, 3.05) is 6.61 Å². The molecule has 0 radical (unpaired) electrons. The molecule has 2 heterocycles. The quantitative estimate of drug-likeness (QED) is 0.515. The van der Waals surface area contributed by atoms with E-state index in [0.717, 1.165) is 0 Å². The minimum absolute atomic E-state index is 0.187. The number of hydrogen-bond acceptors (Lipinski definition) is 6. The van der Waals surface area contributed by atoms with Crippen LogP contribution in [0.3, 0.4) is 0 Å². The molecular formula is C7H10O6. The first kappa shape index (κ1) is 8.74. The van der Waals surface area contributed by atoms with Gasteiger partial charge in [-0.1, -0.05) is 0 Å². The van der Waals surface area contributed by atoms with Crippen molar-refractivity contribution in [3.63, 3.8) is 0 Å². The van der Waals surface area contributed by atoms with Crippen molar-refractivity contribution < 1.29 is 29.2 Å². The van der Waals surface area contributed by atoms with Crippen molar-refractivity contribution in [3.05, 3.63) is 0 Å². The summed E-state index contributed by atoms with van der Waals surface area (Å²) in [5, 5.41) is 18.0. The van der Waals surface area contributed by atoms with Crippen LogP contribution in [0.15, 0.2) is 0 Å². The van der Waals surface area contributed by atoms with Gasteiger partial charge in [0.15, 0.2) is 12.4 Å². The lowest BCUT2D eigenvalue weighted by atomic mass is 10.0. The van der Waals surface area contributed by atoms with Crippen molar-refractivity contribution >= 4 is 6.16 Å². The Bertz CT molecular complexity index is 217. The average Bonchev–Trinajstić information content (AvgIpc) is 2.43. The molecule has 2 N–H and O–H groups in total. The van der Waals surface area contributed by atoms with Gasteiger partial charge in [0.2, 0.25) is 0 Å². The molecule has 0 aromatic carbocycles. The lowest BCUT2D eigenvalue weighted by Gasteiger charge is -2.31. The van der Waals surface area contributed by atoms with E-state index < -0.39 is 30.8 Å². The molecular weight excluding hydrogens is 180 g/mol. The summed E-state index contributed by atoms with van der Waals surface area (Å²) in [6.07, 6.45) is -3.39. The van der Waals surface area contributed by atoms with Gasteiger partial charge in [-0.25, -0.2) is 4.79 Å². The number of carbonyl (C=O) groups is 1. The van der Waals surface area contributed by atoms with Gasteiger partial charge in [0, 0.05) is 6.42 Å². The largest absolute Gasteiger partial charge is 0.509 e. The van der Waals surface area contributed by atoms with E-state index in [1.54, 1.807) is 0 Å². The van der Waals surface area contributed by atoms with Crippen molar-refractivity contribution in [2.24, 2.45) is 0 Å². The third-order valence-electron chi connectivity index (χ3n) is 2.16. The van der Waals surface area contributed by atoms with Crippen LogP contribution in [-0.2, 0) is 14.2 Å². The highest BCUT2D eigenvalue weighted by atomic mass is 16.8. The molecule has 2 rings (SSSR count). The molecule has 0 bridgehead atoms. The second-order valence-electron chi connectivity index (χ2n) is 3.04. The second kappa shape index (κ2) is 3.13. The molecule has 2 aliphatic heterocycles. The van der Waals surface area contributed by atoms with Gasteiger partial charge in [-0.3, -0.25) is 0 Å². The molecule has 6 heteroatoms. The van der Waals surface area contributed by atoms with E-state index in [4.69, 9.17) is 24.4 Å². The van der Waals surface area contributed by atoms with Gasteiger partial charge in [-0.15, -0.1) is 0 Å². The summed E-state index contributed by atoms with van der Waals surface area (Å²) in [5.74, 6) is 0. The van der Waals surface area contributed by atoms with E-state index >= 15 is 0 Å². The van der Waals surface area contributed by atoms with Crippen LogP contribution in [0.1, 0.15) is 6.42 Å². The Morgan fingerprint density at radius 1 is 1.46 bits per heavy atom. The number of ether oxygens (including phenoxy) is 3. The van der Waals surface area contributed by atoms with Crippen LogP contribution in [0.25, 0.3) is 0 Å². The Kier molecular flexibility index (Phi) is 2.10. The summed E-state index contributed by atoms with van der Waals surface area (Å²) in [6, 6.07) is 0. The third kappa shape index (κ3) is 1.48. The lowest BCUT2D eigenvalue weighted by molar-refractivity contribution is -0.215. The summed E-state index contributed by atoms with van der Waals surface area (Å²) in [7, 11) is 0. The van der Waals surface area contributed by atoms with Gasteiger partial charge in [0.05, 0.1) is 6.61 Å². The van der Waals surface area contributed by atoms with Crippen LogP contribution >= 0.6 is 0 Å². The van der Waals surface area contributed by atoms with E-state index in [1.165, 1.54) is 0 Å². The highest BCUT2D eigenvalue weighted by Gasteiger charge is 2.47. The highest BCUT2D eigenvalue weighted by Crippen LogP contribution is 2.29. The molecule has 0 aliphatic carbocycles. The van der Waals surface area contributed by atoms with E-state index in [2.05, 4.69) is 0 Å². The standard InChI is InChI=1S/C7H10O6/c8-2-4-6-3(1-5(9)11-4)12-7(10)13-6/h3-6,8-9H,1-2H2. The fourth-order valence-electron chi connectivity index (χ4n) is 1.58. The first-order chi connectivity index (χ1) is 6.20. The Hall–Kier alpha value is -0.850. The molecule has 4 atom stereocenters. The molecule has 0 aromatic rings. The van der Waals surface area contributed by atoms with Gasteiger partial charge >= 0.3 is 6.16 Å². The van der Waals surface area contributed by atoms with E-state index in [1.807, 2.05) is 0 Å². The normalized spacial score (nSPS) is 43.7. The van der Waals surface area contributed by atoms with E-state index in [9.17, 15) is 4.79 Å². The van der Waals surface area contributed by atoms with Crippen LogP contribution in [0, 0.1) is 0 Å². The molecule has 6 nitrogen and oxygen atoms in total. The van der Waals surface area contributed by atoms with Gasteiger partial charge < -0.3 is 24.4 Å². The molecule has 0 spiro atoms. The number of carbonyl (C=O) groups excluding carboxylic acids is 1. The van der Waals surface area contributed by atoms with Crippen molar-refractivity contribution in [1.29, 1.82) is 0 Å². The van der Waals surface area contributed by atoms with Crippen molar-refractivity contribution in [3.8, 4) is 0 Å². The zero-order valence-electron chi connectivity index (χ0n) is 6.75. The van der Waals surface area contributed by atoms with Gasteiger partial charge in [0.1, 0.15) is 12.2 Å². The number of rotatable bonds is 1. The summed E-state index contributed by atoms with van der Waals surface area (Å²) >= 11 is 0. The molecule has 2 fully saturated rings. The van der Waals surface area contributed by atoms with Crippen molar-refractivity contribution in [2.45, 2.75) is 31.0 Å². The topological polar surface area (TPSA) is 85.2 Å². The summed E-state index contributed by atoms with van der Waals surface area (Å²) in [4.78, 5) is 10.7. The smallest absolute Gasteiger partial charge is 0.427 e. The summed E-state index contributed by atoms with van der Waals surface area (Å²) < 4.78 is 14.5. The maximum absolute atomic E-state index is 10.7. The number of hydrogen-bond donors (Lipinski definition) is 2. The predicted molar refractivity (Wildman–Crippen MR) is 37.7 cm³/mol. The molecule has 13 heavy (non-hydrogen) atoms. The average molecular weight is 190 g/mol. The van der Waals surface area contributed by atoms with E-state index in [0.29, 0.717) is 0 Å². The van der Waals surface area contributed by atoms with Crippen LogP contribution in [0.2, 0.25) is 0 Å². The summed E-state index contributed by atoms with van der Waals surface area (Å²) in [5.41, 5.74) is 0. The molecule has 2 aliphatic rings. The van der Waals surface area contributed by atoms with Crippen LogP contribution in [0.5, 0.6) is 0 Å². The number of aliphatic hydroxyl groups excluding tert-OH is 2. The SMILES string of the molecule is O=C1OC2CC(O)OC(CO)C2O1. The zero-order valence-corrected chi connectivity index (χ0v) is 6.75. The monoisotopic (exact) mass is 190 g/mol. The molecule has 74 valence electrons. The van der Waals surface area contributed by atoms with E-state index in [-0.39, 0.29) is 13.0 Å². The fourth-order valence-corrected chi connectivity index (χ4v) is 1.58. The van der Waals surface area contributed by atoms with Gasteiger partial charge in [-0.2, -0.15) is 0 Å². The molecule has 0 aromatic heterocycles. The Morgan fingerprint density at radius 3 is 2.92 bits per heavy atom. The lowest BCUT2D eigenvalue weighted by Crippen LogP contribution is -2.48. The first-order valence-corrected chi connectivity index (χ1v) is 4.02. The third-order valence-corrected chi connectivity index (χ3v) is 2.16. The highest BCUT2D eigenvalue weighted by molar-refractivity contribution is 5.62. The Morgan fingerprint density at radius 2 is 2.23 bits per heavy atom. The number of fused-ring (bicyclic) bond motifs is 1. The van der Waals surface area contributed by atoms with Crippen LogP contribution < -0.4 is 0 Å². The maximum atomic E-state index is 10.7. The maximum Gasteiger partial charge on any atom is 0.509 e.